The zero-order chi connectivity index (χ0) is 14.0. The molecule has 0 saturated heterocycles. The summed E-state index contributed by atoms with van der Waals surface area (Å²) in [5.74, 6) is -1.66. The van der Waals surface area contributed by atoms with Crippen LogP contribution in [0.25, 0.3) is 0 Å². The molecule has 1 rings (SSSR count). The van der Waals surface area contributed by atoms with Gasteiger partial charge in [0.25, 0.3) is 0 Å². The van der Waals surface area contributed by atoms with Gasteiger partial charge < -0.3 is 9.84 Å². The predicted molar refractivity (Wildman–Crippen MR) is 65.3 cm³/mol. The number of carboxylic acid groups (broad SMARTS) is 1. The van der Waals surface area contributed by atoms with Gasteiger partial charge in [-0.2, -0.15) is 0 Å². The highest BCUT2D eigenvalue weighted by Crippen LogP contribution is 2.02. The zero-order valence-electron chi connectivity index (χ0n) is 10.4. The quantitative estimate of drug-likeness (QED) is 0.503. The summed E-state index contributed by atoms with van der Waals surface area (Å²) in [5.41, 5.74) is 0.444. The Kier molecular flexibility index (Phi) is 7.85. The second kappa shape index (κ2) is 8.92. The maximum Gasteiger partial charge on any atom is 0.311 e. The molecule has 0 saturated carbocycles. The van der Waals surface area contributed by atoms with E-state index in [0.717, 1.165) is 0 Å². The van der Waals surface area contributed by atoms with E-state index >= 15 is 0 Å². The molecule has 0 heterocycles. The van der Waals surface area contributed by atoms with E-state index in [2.05, 4.69) is 4.74 Å². The van der Waals surface area contributed by atoms with Crippen molar-refractivity contribution in [3.8, 4) is 0 Å². The van der Waals surface area contributed by atoms with E-state index in [9.17, 15) is 14.4 Å². The Morgan fingerprint density at radius 3 is 2.06 bits per heavy atom. The van der Waals surface area contributed by atoms with Gasteiger partial charge in [-0.1, -0.05) is 30.3 Å². The number of carbonyl (C=O) groups is 3. The molecule has 1 aromatic rings. The van der Waals surface area contributed by atoms with Crippen LogP contribution in [0.3, 0.4) is 0 Å². The topological polar surface area (TPSA) is 80.7 Å². The Morgan fingerprint density at radius 2 is 1.72 bits per heavy atom. The molecule has 0 bridgehead atoms. The Hall–Kier alpha value is -2.17. The fraction of sp³-hybridized carbons (Fsp3) is 0.308. The first kappa shape index (κ1) is 15.8. The molecule has 18 heavy (non-hydrogen) atoms. The highest BCUT2D eigenvalue weighted by molar-refractivity contribution is 6.05. The number of hydrogen-bond acceptors (Lipinski definition) is 4. The molecule has 0 aliphatic carbocycles. The fourth-order valence-corrected chi connectivity index (χ4v) is 1.07. The lowest BCUT2D eigenvalue weighted by Gasteiger charge is -1.95. The van der Waals surface area contributed by atoms with Crippen molar-refractivity contribution in [2.45, 2.75) is 20.3 Å². The van der Waals surface area contributed by atoms with E-state index in [1.807, 2.05) is 0 Å². The number of aliphatic carboxylic acids is 1. The number of esters is 1. The first-order valence-electron chi connectivity index (χ1n) is 5.40. The second-order valence-corrected chi connectivity index (χ2v) is 3.28. The lowest BCUT2D eigenvalue weighted by atomic mass is 10.1. The Bertz CT molecular complexity index is 397. The SMILES string of the molecule is CCOC(C)=O.O=C(O)CC(=O)c1ccccc1. The largest absolute Gasteiger partial charge is 0.481 e. The Morgan fingerprint density at radius 1 is 1.17 bits per heavy atom. The van der Waals surface area contributed by atoms with Crippen LogP contribution in [0.4, 0.5) is 0 Å². The average Bonchev–Trinajstić information content (AvgIpc) is 2.30. The van der Waals surface area contributed by atoms with Gasteiger partial charge >= 0.3 is 11.9 Å². The molecule has 0 unspecified atom stereocenters. The van der Waals surface area contributed by atoms with Gasteiger partial charge in [-0.05, 0) is 6.92 Å². The molecule has 0 aliphatic heterocycles. The molecular formula is C13H16O5. The van der Waals surface area contributed by atoms with E-state index in [1.165, 1.54) is 6.92 Å². The number of carboxylic acids is 1. The van der Waals surface area contributed by atoms with Crippen LogP contribution in [0.15, 0.2) is 30.3 Å². The van der Waals surface area contributed by atoms with Crippen LogP contribution in [0.5, 0.6) is 0 Å². The summed E-state index contributed by atoms with van der Waals surface area (Å²) >= 11 is 0. The zero-order valence-corrected chi connectivity index (χ0v) is 10.4. The van der Waals surface area contributed by atoms with Crippen LogP contribution in [0, 0.1) is 0 Å². The van der Waals surface area contributed by atoms with Gasteiger partial charge in [0.15, 0.2) is 5.78 Å². The van der Waals surface area contributed by atoms with Crippen LogP contribution >= 0.6 is 0 Å². The van der Waals surface area contributed by atoms with E-state index in [-0.39, 0.29) is 11.8 Å². The molecule has 0 spiro atoms. The Balaban J connectivity index is 0.000000411. The molecule has 1 aromatic carbocycles. The first-order valence-corrected chi connectivity index (χ1v) is 5.40. The summed E-state index contributed by atoms with van der Waals surface area (Å²) in [6.45, 7) is 3.65. The van der Waals surface area contributed by atoms with Crippen molar-refractivity contribution in [2.75, 3.05) is 6.61 Å². The molecule has 5 heteroatoms. The van der Waals surface area contributed by atoms with Crippen LogP contribution in [-0.2, 0) is 14.3 Å². The molecule has 0 radical (unpaired) electrons. The van der Waals surface area contributed by atoms with Crippen molar-refractivity contribution in [3.05, 3.63) is 35.9 Å². The standard InChI is InChI=1S/C9H8O3.C4H8O2/c10-8(6-9(11)12)7-4-2-1-3-5-7;1-3-6-4(2)5/h1-5H,6H2,(H,11,12);3H2,1-2H3. The number of ether oxygens (including phenoxy) is 1. The van der Waals surface area contributed by atoms with Crippen LogP contribution in [-0.4, -0.2) is 29.4 Å². The third-order valence-corrected chi connectivity index (χ3v) is 1.76. The highest BCUT2D eigenvalue weighted by atomic mass is 16.5. The van der Waals surface area contributed by atoms with Gasteiger partial charge in [0, 0.05) is 12.5 Å². The molecule has 0 amide bonds. The van der Waals surface area contributed by atoms with Crippen molar-refractivity contribution < 1.29 is 24.2 Å². The van der Waals surface area contributed by atoms with E-state index in [4.69, 9.17) is 5.11 Å². The highest BCUT2D eigenvalue weighted by Gasteiger charge is 2.08. The third-order valence-electron chi connectivity index (χ3n) is 1.76. The molecule has 0 atom stereocenters. The number of ketones is 1. The van der Waals surface area contributed by atoms with Gasteiger partial charge in [0.2, 0.25) is 0 Å². The second-order valence-electron chi connectivity index (χ2n) is 3.28. The minimum Gasteiger partial charge on any atom is -0.481 e. The van der Waals surface area contributed by atoms with Gasteiger partial charge in [0.05, 0.1) is 6.61 Å². The van der Waals surface area contributed by atoms with Crippen molar-refractivity contribution >= 4 is 17.7 Å². The van der Waals surface area contributed by atoms with Crippen molar-refractivity contribution in [1.29, 1.82) is 0 Å². The van der Waals surface area contributed by atoms with Gasteiger partial charge in [-0.15, -0.1) is 0 Å². The molecular weight excluding hydrogens is 236 g/mol. The average molecular weight is 252 g/mol. The fourth-order valence-electron chi connectivity index (χ4n) is 1.07. The van der Waals surface area contributed by atoms with E-state index in [1.54, 1.807) is 37.3 Å². The lowest BCUT2D eigenvalue weighted by Crippen LogP contribution is -2.06. The van der Waals surface area contributed by atoms with E-state index in [0.29, 0.717) is 12.2 Å². The van der Waals surface area contributed by atoms with Crippen LogP contribution in [0.1, 0.15) is 30.6 Å². The van der Waals surface area contributed by atoms with Crippen LogP contribution < -0.4 is 0 Å². The number of carbonyl (C=O) groups excluding carboxylic acids is 2. The number of benzene rings is 1. The summed E-state index contributed by atoms with van der Waals surface area (Å²) in [7, 11) is 0. The molecule has 5 nitrogen and oxygen atoms in total. The first-order chi connectivity index (χ1) is 8.47. The summed E-state index contributed by atoms with van der Waals surface area (Å²) in [6.07, 6.45) is -0.440. The van der Waals surface area contributed by atoms with Crippen molar-refractivity contribution in [2.24, 2.45) is 0 Å². The molecule has 0 fully saturated rings. The maximum absolute atomic E-state index is 11.1. The third kappa shape index (κ3) is 8.04. The lowest BCUT2D eigenvalue weighted by molar-refractivity contribution is -0.140. The summed E-state index contributed by atoms with van der Waals surface area (Å²) in [4.78, 5) is 31.1. The summed E-state index contributed by atoms with van der Waals surface area (Å²) in [5, 5.41) is 8.32. The normalized spacial score (nSPS) is 8.78. The minimum atomic E-state index is -1.09. The summed E-state index contributed by atoms with van der Waals surface area (Å²) in [6, 6.07) is 8.39. The molecule has 0 aliphatic rings. The number of rotatable bonds is 4. The molecule has 1 N–H and O–H groups in total. The van der Waals surface area contributed by atoms with Gasteiger partial charge in [-0.25, -0.2) is 0 Å². The molecule has 98 valence electrons. The van der Waals surface area contributed by atoms with E-state index < -0.39 is 12.4 Å². The number of hydrogen-bond donors (Lipinski definition) is 1. The number of Topliss-reactive ketones (excluding diaryl/α,β-unsaturated/α-hetero) is 1. The maximum atomic E-state index is 11.1. The van der Waals surface area contributed by atoms with Gasteiger partial charge in [-0.3, -0.25) is 14.4 Å². The van der Waals surface area contributed by atoms with Crippen molar-refractivity contribution in [3.63, 3.8) is 0 Å². The Labute approximate surface area is 105 Å². The van der Waals surface area contributed by atoms with Crippen molar-refractivity contribution in [1.82, 2.24) is 0 Å². The summed E-state index contributed by atoms with van der Waals surface area (Å²) < 4.78 is 4.40. The van der Waals surface area contributed by atoms with Crippen LogP contribution in [0.2, 0.25) is 0 Å². The van der Waals surface area contributed by atoms with Gasteiger partial charge in [0.1, 0.15) is 6.42 Å². The predicted octanol–water partition coefficient (Wildman–Crippen LogP) is 1.91. The monoisotopic (exact) mass is 252 g/mol. The molecule has 0 aromatic heterocycles. The minimum absolute atomic E-state index is 0.211. The smallest absolute Gasteiger partial charge is 0.311 e.